The molecule has 0 amide bonds. The summed E-state index contributed by atoms with van der Waals surface area (Å²) < 4.78 is 0. The predicted molar refractivity (Wildman–Crippen MR) is 40.4 cm³/mol. The molecule has 66 valence electrons. The molecule has 0 heterocycles. The Bertz CT molecular complexity index is 53.2. The first kappa shape index (κ1) is 13.1. The molecule has 10 heavy (non-hydrogen) atoms. The van der Waals surface area contributed by atoms with Gasteiger partial charge in [0.25, 0.3) is 0 Å². The minimum absolute atomic E-state index is 0. The van der Waals surface area contributed by atoms with E-state index in [1.54, 1.807) is 0 Å². The average molecular weight is 189 g/mol. The van der Waals surface area contributed by atoms with Crippen molar-refractivity contribution in [2.24, 2.45) is 5.92 Å². The van der Waals surface area contributed by atoms with Gasteiger partial charge in [-0.25, -0.2) is 0 Å². The summed E-state index contributed by atoms with van der Waals surface area (Å²) in [6.45, 7) is 4.69. The molecule has 0 aromatic carbocycles. The minimum atomic E-state index is 0. The van der Waals surface area contributed by atoms with E-state index >= 15 is 0 Å². The van der Waals surface area contributed by atoms with E-state index in [0.717, 1.165) is 6.42 Å². The van der Waals surface area contributed by atoms with E-state index in [1.165, 1.54) is 19.3 Å². The Balaban J connectivity index is 0. The van der Waals surface area contributed by atoms with Crippen molar-refractivity contribution in [2.75, 3.05) is 6.61 Å². The number of hydrogen-bond acceptors (Lipinski definition) is 1. The van der Waals surface area contributed by atoms with E-state index < -0.39 is 0 Å². The van der Waals surface area contributed by atoms with E-state index in [-0.39, 0.29) is 16.5 Å². The van der Waals surface area contributed by atoms with E-state index in [9.17, 15) is 0 Å². The smallest absolute Gasteiger partial charge is 0.0459 e. The zero-order chi connectivity index (χ0) is 7.11. The second-order valence-electron chi connectivity index (χ2n) is 2.60. The van der Waals surface area contributed by atoms with Crippen LogP contribution in [-0.2, 0) is 16.5 Å². The molecule has 1 nitrogen and oxygen atoms in total. The van der Waals surface area contributed by atoms with Crippen LogP contribution in [0.2, 0.25) is 0 Å². The third-order valence-electron chi connectivity index (χ3n) is 1.80. The number of unbranched alkanes of at least 4 members (excludes halogenated alkanes) is 1. The molecule has 0 aromatic rings. The molecule has 1 unspecified atom stereocenters. The number of hydrogen-bond donors (Lipinski definition) is 1. The van der Waals surface area contributed by atoms with Gasteiger partial charge in [0.05, 0.1) is 0 Å². The fraction of sp³-hybridized carbons (Fsp3) is 1.00. The van der Waals surface area contributed by atoms with Crippen LogP contribution in [0.3, 0.4) is 0 Å². The summed E-state index contributed by atoms with van der Waals surface area (Å²) in [7, 11) is 0. The quantitative estimate of drug-likeness (QED) is 0.657. The first-order valence-electron chi connectivity index (χ1n) is 3.96. The van der Waals surface area contributed by atoms with Gasteiger partial charge in [0.2, 0.25) is 0 Å². The molecule has 0 aromatic heterocycles. The second kappa shape index (κ2) is 9.45. The van der Waals surface area contributed by atoms with Crippen molar-refractivity contribution in [1.29, 1.82) is 0 Å². The van der Waals surface area contributed by atoms with Crippen molar-refractivity contribution in [3.05, 3.63) is 0 Å². The summed E-state index contributed by atoms with van der Waals surface area (Å²) in [5, 5.41) is 8.75. The fourth-order valence-electron chi connectivity index (χ4n) is 0.917. The molecular weight excluding hydrogens is 171 g/mol. The van der Waals surface area contributed by atoms with Crippen molar-refractivity contribution >= 4 is 0 Å². The molecule has 0 fully saturated rings. The SMILES string of the molecule is CCCCC(CC)CO.[Ni]. The van der Waals surface area contributed by atoms with E-state index in [4.69, 9.17) is 5.11 Å². The molecular formula is C8H18NiO. The largest absolute Gasteiger partial charge is 0.396 e. The number of aliphatic hydroxyl groups excluding tert-OH is 1. The maximum atomic E-state index is 8.75. The Hall–Kier alpha value is 0.454. The van der Waals surface area contributed by atoms with Gasteiger partial charge in [-0.3, -0.25) is 0 Å². The van der Waals surface area contributed by atoms with Crippen molar-refractivity contribution < 1.29 is 21.6 Å². The molecule has 0 saturated heterocycles. The van der Waals surface area contributed by atoms with Gasteiger partial charge in [0.1, 0.15) is 0 Å². The summed E-state index contributed by atoms with van der Waals surface area (Å²) in [5.74, 6) is 0.560. The van der Waals surface area contributed by atoms with E-state index in [1.807, 2.05) is 0 Å². The van der Waals surface area contributed by atoms with Crippen LogP contribution in [0.15, 0.2) is 0 Å². The first-order valence-corrected chi connectivity index (χ1v) is 3.96. The summed E-state index contributed by atoms with van der Waals surface area (Å²) in [6.07, 6.45) is 4.83. The molecule has 0 spiro atoms. The minimum Gasteiger partial charge on any atom is -0.396 e. The Morgan fingerprint density at radius 2 is 1.90 bits per heavy atom. The zero-order valence-corrected chi connectivity index (χ0v) is 7.86. The van der Waals surface area contributed by atoms with Crippen molar-refractivity contribution in [3.63, 3.8) is 0 Å². The Morgan fingerprint density at radius 3 is 2.20 bits per heavy atom. The molecule has 0 aliphatic rings. The van der Waals surface area contributed by atoms with Crippen LogP contribution in [0.4, 0.5) is 0 Å². The molecule has 0 rings (SSSR count). The molecule has 0 aliphatic carbocycles. The Kier molecular flexibility index (Phi) is 12.4. The van der Waals surface area contributed by atoms with Gasteiger partial charge in [-0.05, 0) is 12.3 Å². The predicted octanol–water partition coefficient (Wildman–Crippen LogP) is 2.19. The van der Waals surface area contributed by atoms with Gasteiger partial charge in [-0.2, -0.15) is 0 Å². The number of rotatable bonds is 5. The molecule has 0 saturated carbocycles. The van der Waals surface area contributed by atoms with Crippen molar-refractivity contribution in [3.8, 4) is 0 Å². The van der Waals surface area contributed by atoms with Gasteiger partial charge >= 0.3 is 0 Å². The van der Waals surface area contributed by atoms with E-state index in [0.29, 0.717) is 12.5 Å². The maximum absolute atomic E-state index is 8.75. The molecule has 2 heteroatoms. The van der Waals surface area contributed by atoms with Gasteiger partial charge in [0.15, 0.2) is 0 Å². The summed E-state index contributed by atoms with van der Waals surface area (Å²) in [4.78, 5) is 0. The third-order valence-corrected chi connectivity index (χ3v) is 1.80. The van der Waals surface area contributed by atoms with Crippen LogP contribution in [0.1, 0.15) is 39.5 Å². The second-order valence-corrected chi connectivity index (χ2v) is 2.60. The Morgan fingerprint density at radius 1 is 1.30 bits per heavy atom. The molecule has 1 atom stereocenters. The summed E-state index contributed by atoms with van der Waals surface area (Å²) in [5.41, 5.74) is 0. The van der Waals surface area contributed by atoms with Crippen LogP contribution < -0.4 is 0 Å². The fourth-order valence-corrected chi connectivity index (χ4v) is 0.917. The summed E-state index contributed by atoms with van der Waals surface area (Å²) in [6, 6.07) is 0. The van der Waals surface area contributed by atoms with Crippen LogP contribution in [-0.4, -0.2) is 11.7 Å². The van der Waals surface area contributed by atoms with Crippen molar-refractivity contribution in [2.45, 2.75) is 39.5 Å². The van der Waals surface area contributed by atoms with Gasteiger partial charge in [-0.15, -0.1) is 0 Å². The van der Waals surface area contributed by atoms with Crippen LogP contribution in [0.5, 0.6) is 0 Å². The van der Waals surface area contributed by atoms with Gasteiger partial charge < -0.3 is 5.11 Å². The van der Waals surface area contributed by atoms with Gasteiger partial charge in [-0.1, -0.05) is 33.1 Å². The van der Waals surface area contributed by atoms with Crippen LogP contribution >= 0.6 is 0 Å². The monoisotopic (exact) mass is 188 g/mol. The average Bonchev–Trinajstić information content (AvgIpc) is 1.91. The zero-order valence-electron chi connectivity index (χ0n) is 6.88. The molecule has 0 radical (unpaired) electrons. The molecule has 0 bridgehead atoms. The molecule has 0 aliphatic heterocycles. The maximum Gasteiger partial charge on any atom is 0.0459 e. The third kappa shape index (κ3) is 6.57. The Labute approximate surface area is 74.1 Å². The normalized spacial score (nSPS) is 12.3. The molecule has 1 N–H and O–H groups in total. The van der Waals surface area contributed by atoms with Crippen molar-refractivity contribution in [1.82, 2.24) is 0 Å². The summed E-state index contributed by atoms with van der Waals surface area (Å²) >= 11 is 0. The standard InChI is InChI=1S/C8H18O.Ni/c1-3-5-6-8(4-2)7-9;/h8-9H,3-7H2,1-2H3;. The van der Waals surface area contributed by atoms with Crippen LogP contribution in [0, 0.1) is 5.92 Å². The topological polar surface area (TPSA) is 20.2 Å². The number of aliphatic hydroxyl groups is 1. The first-order chi connectivity index (χ1) is 4.35. The van der Waals surface area contributed by atoms with Gasteiger partial charge in [0, 0.05) is 23.1 Å². The van der Waals surface area contributed by atoms with E-state index in [2.05, 4.69) is 13.8 Å². The van der Waals surface area contributed by atoms with Crippen LogP contribution in [0.25, 0.3) is 0 Å².